The fourth-order valence-corrected chi connectivity index (χ4v) is 1.08. The first-order chi connectivity index (χ1) is 6.88. The smallest absolute Gasteiger partial charge is 0.0990 e. The molecule has 0 aliphatic rings. The Bertz CT molecular complexity index is 257. The molecule has 0 rings (SSSR count). The zero-order chi connectivity index (χ0) is 12.4. The van der Waals surface area contributed by atoms with Gasteiger partial charge in [-0.1, -0.05) is 99.9 Å². The lowest BCUT2D eigenvalue weighted by Crippen LogP contribution is -1.73. The molecule has 0 aliphatic heterocycles. The fraction of sp³-hybridized carbons (Fsp3) is 0. The summed E-state index contributed by atoms with van der Waals surface area (Å²) < 4.78 is -0.351. The highest BCUT2D eigenvalue weighted by molar-refractivity contribution is 6.65. The van der Waals surface area contributed by atoms with Gasteiger partial charge in [0.15, 0.2) is 0 Å². The van der Waals surface area contributed by atoms with Crippen molar-refractivity contribution in [3.63, 3.8) is 0 Å². The minimum absolute atomic E-state index is 0.0648. The zero-order valence-electron chi connectivity index (χ0n) is 7.08. The van der Waals surface area contributed by atoms with Crippen LogP contribution in [0.2, 0.25) is 0 Å². The van der Waals surface area contributed by atoms with Crippen LogP contribution in [0.5, 0.6) is 0 Å². The summed E-state index contributed by atoms with van der Waals surface area (Å²) >= 11 is 36.9. The van der Waals surface area contributed by atoms with Crippen LogP contribution in [0.4, 0.5) is 0 Å². The van der Waals surface area contributed by atoms with Gasteiger partial charge in [0.2, 0.25) is 0 Å². The summed E-state index contributed by atoms with van der Waals surface area (Å²) in [5.41, 5.74) is 1.41. The van der Waals surface area contributed by atoms with E-state index in [1.165, 1.54) is 5.54 Å². The van der Waals surface area contributed by atoms with Crippen LogP contribution in [0.3, 0.4) is 0 Å². The standard InChI is InChI=1S/C4Cl6.C4H5Cl/c5-1(3(7)8)2(6)4(9)10;1-2-3-4-5/h;2-4H,1H2. The van der Waals surface area contributed by atoms with Crippen LogP contribution in [0.15, 0.2) is 43.3 Å². The van der Waals surface area contributed by atoms with Crippen molar-refractivity contribution in [2.24, 2.45) is 0 Å². The van der Waals surface area contributed by atoms with Gasteiger partial charge in [0.1, 0.15) is 8.98 Å². The third kappa shape index (κ3) is 11.3. The third-order valence-corrected chi connectivity index (χ3v) is 2.87. The molecule has 0 heterocycles. The molecule has 0 unspecified atom stereocenters. The Morgan fingerprint density at radius 3 is 1.20 bits per heavy atom. The van der Waals surface area contributed by atoms with Crippen molar-refractivity contribution in [3.05, 3.63) is 43.3 Å². The van der Waals surface area contributed by atoms with Crippen molar-refractivity contribution in [3.8, 4) is 0 Å². The Hall–Kier alpha value is 0.990. The van der Waals surface area contributed by atoms with E-state index in [0.717, 1.165) is 0 Å². The molecule has 15 heavy (non-hydrogen) atoms. The van der Waals surface area contributed by atoms with Crippen molar-refractivity contribution in [2.45, 2.75) is 0 Å². The Morgan fingerprint density at radius 1 is 0.800 bits per heavy atom. The second-order valence-corrected chi connectivity index (χ2v) is 4.61. The Balaban J connectivity index is 0. The summed E-state index contributed by atoms with van der Waals surface area (Å²) in [5.74, 6) is 0. The van der Waals surface area contributed by atoms with E-state index >= 15 is 0 Å². The van der Waals surface area contributed by atoms with Crippen LogP contribution < -0.4 is 0 Å². The molecule has 7 heteroatoms. The minimum Gasteiger partial charge on any atom is -0.0990 e. The van der Waals surface area contributed by atoms with E-state index in [4.69, 9.17) is 81.2 Å². The van der Waals surface area contributed by atoms with Crippen molar-refractivity contribution in [1.29, 1.82) is 0 Å². The van der Waals surface area contributed by atoms with E-state index in [-0.39, 0.29) is 19.0 Å². The molecule has 0 fully saturated rings. The van der Waals surface area contributed by atoms with Gasteiger partial charge in [0.25, 0.3) is 0 Å². The highest BCUT2D eigenvalue weighted by Gasteiger charge is 2.07. The van der Waals surface area contributed by atoms with E-state index in [0.29, 0.717) is 0 Å². The van der Waals surface area contributed by atoms with Crippen molar-refractivity contribution >= 4 is 81.2 Å². The van der Waals surface area contributed by atoms with Crippen LogP contribution >= 0.6 is 81.2 Å². The van der Waals surface area contributed by atoms with Gasteiger partial charge < -0.3 is 0 Å². The van der Waals surface area contributed by atoms with Gasteiger partial charge in [-0.15, -0.1) is 0 Å². The molecule has 0 aliphatic carbocycles. The average Bonchev–Trinajstić information content (AvgIpc) is 2.17. The topological polar surface area (TPSA) is 0 Å². The van der Waals surface area contributed by atoms with Crippen LogP contribution in [0.25, 0.3) is 0 Å². The molecule has 0 nitrogen and oxygen atoms in total. The van der Waals surface area contributed by atoms with Gasteiger partial charge in [-0.2, -0.15) is 0 Å². The molecule has 86 valence electrons. The molecule has 0 radical (unpaired) electrons. The summed E-state index contributed by atoms with van der Waals surface area (Å²) in [6, 6.07) is 0. The molecule has 0 spiro atoms. The molecular formula is C8H5Cl7. The van der Waals surface area contributed by atoms with Crippen molar-refractivity contribution < 1.29 is 0 Å². The van der Waals surface area contributed by atoms with E-state index in [1.807, 2.05) is 0 Å². The molecule has 0 aromatic heterocycles. The maximum Gasteiger partial charge on any atom is 0.127 e. The first kappa shape index (κ1) is 18.4. The molecule has 0 bridgehead atoms. The van der Waals surface area contributed by atoms with Gasteiger partial charge >= 0.3 is 0 Å². The summed E-state index contributed by atoms with van der Waals surface area (Å²) in [5, 5.41) is -0.130. The normalized spacial score (nSPS) is 9.00. The largest absolute Gasteiger partial charge is 0.127 e. The quantitative estimate of drug-likeness (QED) is 0.488. The number of hydrogen-bond donors (Lipinski definition) is 0. The predicted molar refractivity (Wildman–Crippen MR) is 74.4 cm³/mol. The number of halogens is 7. The highest BCUT2D eigenvalue weighted by Crippen LogP contribution is 2.32. The predicted octanol–water partition coefficient (Wildman–Crippen LogP) is 6.68. The van der Waals surface area contributed by atoms with E-state index in [1.54, 1.807) is 12.2 Å². The molecule has 0 atom stereocenters. The van der Waals surface area contributed by atoms with Crippen LogP contribution in [-0.2, 0) is 0 Å². The summed E-state index contributed by atoms with van der Waals surface area (Å²) in [7, 11) is 0. The minimum atomic E-state index is -0.175. The second kappa shape index (κ2) is 11.5. The lowest BCUT2D eigenvalue weighted by Gasteiger charge is -1.94. The van der Waals surface area contributed by atoms with Crippen LogP contribution in [-0.4, -0.2) is 0 Å². The molecule has 0 amide bonds. The van der Waals surface area contributed by atoms with Gasteiger partial charge in [-0.05, 0) is 0 Å². The molecule has 0 N–H and O–H groups in total. The lowest BCUT2D eigenvalue weighted by atomic mass is 10.6. The Kier molecular flexibility index (Phi) is 14.0. The molecule has 0 aromatic rings. The molecule has 0 saturated heterocycles. The summed E-state index contributed by atoms with van der Waals surface area (Å²) in [4.78, 5) is 0. The summed E-state index contributed by atoms with van der Waals surface area (Å²) in [6.45, 7) is 3.38. The first-order valence-corrected chi connectivity index (χ1v) is 5.88. The Morgan fingerprint density at radius 2 is 1.13 bits per heavy atom. The summed E-state index contributed by atoms with van der Waals surface area (Å²) in [6.07, 6.45) is 3.27. The fourth-order valence-electron chi connectivity index (χ4n) is 0.217. The molecular weight excluding hydrogens is 344 g/mol. The number of hydrogen-bond acceptors (Lipinski definition) is 0. The van der Waals surface area contributed by atoms with E-state index in [9.17, 15) is 0 Å². The maximum atomic E-state index is 5.42. The Labute approximate surface area is 124 Å². The monoisotopic (exact) mass is 346 g/mol. The second-order valence-electron chi connectivity index (χ2n) is 1.70. The molecule has 0 aromatic carbocycles. The number of rotatable bonds is 2. The maximum absolute atomic E-state index is 5.42. The van der Waals surface area contributed by atoms with E-state index in [2.05, 4.69) is 6.58 Å². The van der Waals surface area contributed by atoms with Crippen LogP contribution in [0.1, 0.15) is 0 Å². The SMILES string of the molecule is C=CC=CCl.ClC(Cl)=C(Cl)C(Cl)=C(Cl)Cl. The average molecular weight is 349 g/mol. The van der Waals surface area contributed by atoms with Crippen LogP contribution in [0, 0.1) is 0 Å². The van der Waals surface area contributed by atoms with Gasteiger partial charge in [0.05, 0.1) is 10.1 Å². The zero-order valence-corrected chi connectivity index (χ0v) is 12.4. The van der Waals surface area contributed by atoms with Gasteiger partial charge in [-0.25, -0.2) is 0 Å². The number of allylic oxidation sites excluding steroid dienone is 4. The lowest BCUT2D eigenvalue weighted by molar-refractivity contribution is 1.84. The van der Waals surface area contributed by atoms with Crippen molar-refractivity contribution in [2.75, 3.05) is 0 Å². The highest BCUT2D eigenvalue weighted by atomic mass is 35.5. The van der Waals surface area contributed by atoms with E-state index < -0.39 is 0 Å². The van der Waals surface area contributed by atoms with Crippen molar-refractivity contribution in [1.82, 2.24) is 0 Å². The van der Waals surface area contributed by atoms with Gasteiger partial charge in [-0.3, -0.25) is 0 Å². The first-order valence-electron chi connectivity index (χ1n) is 3.18. The third-order valence-electron chi connectivity index (χ3n) is 0.733. The molecule has 0 saturated carbocycles. The van der Waals surface area contributed by atoms with Gasteiger partial charge in [0, 0.05) is 5.54 Å².